The molecule has 1 heterocycles. The number of thiophene rings is 1. The molecule has 0 radical (unpaired) electrons. The fraction of sp³-hybridized carbons (Fsp3) is 0.105. The molecular formula is C19H16O2S. The summed E-state index contributed by atoms with van der Waals surface area (Å²) in [6, 6.07) is 24.2. The second-order valence-corrected chi connectivity index (χ2v) is 6.28. The van der Waals surface area contributed by atoms with Gasteiger partial charge in [-0.3, -0.25) is 0 Å². The lowest BCUT2D eigenvalue weighted by Gasteiger charge is -2.16. The van der Waals surface area contributed by atoms with Gasteiger partial charge in [0.25, 0.3) is 0 Å². The lowest BCUT2D eigenvalue weighted by atomic mass is 9.91. The number of hydrogen-bond donors (Lipinski definition) is 1. The maximum absolute atomic E-state index is 11.1. The van der Waals surface area contributed by atoms with Crippen LogP contribution in [0.2, 0.25) is 0 Å². The molecule has 3 aromatic rings. The molecule has 1 aromatic heterocycles. The zero-order valence-electron chi connectivity index (χ0n) is 12.0. The Hall–Kier alpha value is -2.39. The van der Waals surface area contributed by atoms with Gasteiger partial charge in [0.05, 0.1) is 0 Å². The third-order valence-electron chi connectivity index (χ3n) is 3.67. The minimum Gasteiger partial charge on any atom is -0.477 e. The van der Waals surface area contributed by atoms with Crippen LogP contribution >= 0.6 is 11.3 Å². The van der Waals surface area contributed by atoms with Gasteiger partial charge >= 0.3 is 5.97 Å². The smallest absolute Gasteiger partial charge is 0.345 e. The predicted molar refractivity (Wildman–Crippen MR) is 89.7 cm³/mol. The van der Waals surface area contributed by atoms with Gasteiger partial charge in [-0.05, 0) is 29.7 Å². The molecule has 1 N–H and O–H groups in total. The molecule has 3 heteroatoms. The van der Waals surface area contributed by atoms with Crippen molar-refractivity contribution in [1.29, 1.82) is 0 Å². The van der Waals surface area contributed by atoms with Crippen LogP contribution < -0.4 is 0 Å². The Kier molecular flexibility index (Phi) is 4.35. The van der Waals surface area contributed by atoms with Gasteiger partial charge in [0.1, 0.15) is 4.88 Å². The maximum Gasteiger partial charge on any atom is 0.345 e. The van der Waals surface area contributed by atoms with E-state index in [0.717, 1.165) is 11.3 Å². The Bertz CT molecular complexity index is 747. The number of carboxylic acids is 1. The molecule has 0 fully saturated rings. The zero-order chi connectivity index (χ0) is 15.4. The van der Waals surface area contributed by atoms with Crippen molar-refractivity contribution >= 4 is 17.3 Å². The third kappa shape index (κ3) is 3.26. The average Bonchev–Trinajstić information content (AvgIpc) is 3.04. The van der Waals surface area contributed by atoms with Crippen molar-refractivity contribution in [2.45, 2.75) is 12.3 Å². The topological polar surface area (TPSA) is 37.3 Å². The molecule has 0 aliphatic rings. The number of carbonyl (C=O) groups is 1. The van der Waals surface area contributed by atoms with Crippen LogP contribution in [0.4, 0.5) is 0 Å². The fourth-order valence-electron chi connectivity index (χ4n) is 2.57. The quantitative estimate of drug-likeness (QED) is 0.733. The van der Waals surface area contributed by atoms with Crippen LogP contribution in [0.15, 0.2) is 72.8 Å². The van der Waals surface area contributed by atoms with Crippen LogP contribution in [0.5, 0.6) is 0 Å². The van der Waals surface area contributed by atoms with Gasteiger partial charge in [-0.1, -0.05) is 60.7 Å². The van der Waals surface area contributed by atoms with Crippen LogP contribution in [0, 0.1) is 0 Å². The highest BCUT2D eigenvalue weighted by molar-refractivity contribution is 7.14. The fourth-order valence-corrected chi connectivity index (χ4v) is 3.55. The molecule has 0 aliphatic carbocycles. The summed E-state index contributed by atoms with van der Waals surface area (Å²) < 4.78 is 0. The number of aromatic carboxylic acids is 1. The molecule has 0 saturated heterocycles. The van der Waals surface area contributed by atoms with E-state index in [1.54, 1.807) is 6.07 Å². The molecule has 3 rings (SSSR count). The Morgan fingerprint density at radius 1 is 0.909 bits per heavy atom. The molecular weight excluding hydrogens is 292 g/mol. The minimum absolute atomic E-state index is 0.182. The Morgan fingerprint density at radius 2 is 1.55 bits per heavy atom. The van der Waals surface area contributed by atoms with Crippen molar-refractivity contribution in [3.63, 3.8) is 0 Å². The van der Waals surface area contributed by atoms with E-state index in [0.29, 0.717) is 4.88 Å². The van der Waals surface area contributed by atoms with Crippen molar-refractivity contribution in [1.82, 2.24) is 0 Å². The highest BCUT2D eigenvalue weighted by Crippen LogP contribution is 2.33. The SMILES string of the molecule is O=C(O)c1ccc(C(Cc2ccccc2)c2ccccc2)s1. The van der Waals surface area contributed by atoms with Gasteiger partial charge in [-0.2, -0.15) is 0 Å². The van der Waals surface area contributed by atoms with E-state index in [-0.39, 0.29) is 5.92 Å². The minimum atomic E-state index is -0.859. The van der Waals surface area contributed by atoms with Crippen molar-refractivity contribution in [3.8, 4) is 0 Å². The standard InChI is InChI=1S/C19H16O2S/c20-19(21)18-12-11-17(22-18)16(15-9-5-2-6-10-15)13-14-7-3-1-4-8-14/h1-12,16H,13H2,(H,20,21). The summed E-state index contributed by atoms with van der Waals surface area (Å²) in [5, 5.41) is 9.15. The van der Waals surface area contributed by atoms with Crippen molar-refractivity contribution in [3.05, 3.63) is 93.7 Å². The predicted octanol–water partition coefficient (Wildman–Crippen LogP) is 4.82. The number of carboxylic acid groups (broad SMARTS) is 1. The highest BCUT2D eigenvalue weighted by Gasteiger charge is 2.18. The number of hydrogen-bond acceptors (Lipinski definition) is 2. The lowest BCUT2D eigenvalue weighted by Crippen LogP contribution is -2.03. The number of benzene rings is 2. The van der Waals surface area contributed by atoms with Gasteiger partial charge in [-0.25, -0.2) is 4.79 Å². The molecule has 1 unspecified atom stereocenters. The van der Waals surface area contributed by atoms with Crippen LogP contribution in [0.25, 0.3) is 0 Å². The molecule has 110 valence electrons. The molecule has 0 saturated carbocycles. The van der Waals surface area contributed by atoms with E-state index in [1.807, 2.05) is 42.5 Å². The molecule has 0 bridgehead atoms. The van der Waals surface area contributed by atoms with Crippen molar-refractivity contribution in [2.24, 2.45) is 0 Å². The summed E-state index contributed by atoms with van der Waals surface area (Å²) >= 11 is 1.36. The molecule has 22 heavy (non-hydrogen) atoms. The van der Waals surface area contributed by atoms with Crippen LogP contribution in [0.3, 0.4) is 0 Å². The van der Waals surface area contributed by atoms with E-state index < -0.39 is 5.97 Å². The Labute approximate surface area is 133 Å². The van der Waals surface area contributed by atoms with E-state index in [2.05, 4.69) is 24.3 Å². The van der Waals surface area contributed by atoms with Gasteiger partial charge in [-0.15, -0.1) is 11.3 Å². The second kappa shape index (κ2) is 6.58. The molecule has 0 aliphatic heterocycles. The monoisotopic (exact) mass is 308 g/mol. The Morgan fingerprint density at radius 3 is 2.14 bits per heavy atom. The summed E-state index contributed by atoms with van der Waals surface area (Å²) in [5.74, 6) is -0.676. The number of rotatable bonds is 5. The average molecular weight is 308 g/mol. The molecule has 0 amide bonds. The first-order valence-electron chi connectivity index (χ1n) is 7.16. The van der Waals surface area contributed by atoms with Gasteiger partial charge in [0.15, 0.2) is 0 Å². The van der Waals surface area contributed by atoms with Crippen LogP contribution in [0.1, 0.15) is 31.6 Å². The summed E-state index contributed by atoms with van der Waals surface area (Å²) in [4.78, 5) is 12.6. The first-order valence-corrected chi connectivity index (χ1v) is 7.97. The van der Waals surface area contributed by atoms with Gasteiger partial charge < -0.3 is 5.11 Å². The lowest BCUT2D eigenvalue weighted by molar-refractivity contribution is 0.0702. The molecule has 0 spiro atoms. The summed E-state index contributed by atoms with van der Waals surface area (Å²) in [5.41, 5.74) is 2.46. The maximum atomic E-state index is 11.1. The first kappa shape index (κ1) is 14.5. The van der Waals surface area contributed by atoms with Crippen LogP contribution in [-0.4, -0.2) is 11.1 Å². The van der Waals surface area contributed by atoms with E-state index in [4.69, 9.17) is 5.11 Å². The van der Waals surface area contributed by atoms with Gasteiger partial charge in [0.2, 0.25) is 0 Å². The highest BCUT2D eigenvalue weighted by atomic mass is 32.1. The Balaban J connectivity index is 1.97. The van der Waals surface area contributed by atoms with Gasteiger partial charge in [0, 0.05) is 10.8 Å². The summed E-state index contributed by atoms with van der Waals surface area (Å²) in [7, 11) is 0. The second-order valence-electron chi connectivity index (χ2n) is 5.16. The summed E-state index contributed by atoms with van der Waals surface area (Å²) in [6.07, 6.45) is 0.866. The molecule has 1 atom stereocenters. The van der Waals surface area contributed by atoms with Crippen molar-refractivity contribution in [2.75, 3.05) is 0 Å². The van der Waals surface area contributed by atoms with E-state index in [9.17, 15) is 4.79 Å². The van der Waals surface area contributed by atoms with Crippen LogP contribution in [-0.2, 0) is 6.42 Å². The largest absolute Gasteiger partial charge is 0.477 e. The summed E-state index contributed by atoms with van der Waals surface area (Å²) in [6.45, 7) is 0. The van der Waals surface area contributed by atoms with E-state index >= 15 is 0 Å². The van der Waals surface area contributed by atoms with E-state index in [1.165, 1.54) is 22.5 Å². The zero-order valence-corrected chi connectivity index (χ0v) is 12.8. The third-order valence-corrected chi connectivity index (χ3v) is 4.85. The molecule has 2 nitrogen and oxygen atoms in total. The molecule has 2 aromatic carbocycles. The normalized spacial score (nSPS) is 12.0. The van der Waals surface area contributed by atoms with Crippen molar-refractivity contribution < 1.29 is 9.90 Å². The first-order chi connectivity index (χ1) is 10.7.